The molecule has 2 aromatic rings. The normalized spacial score (nSPS) is 10.4. The molecule has 0 fully saturated rings. The van der Waals surface area contributed by atoms with Crippen LogP contribution in [0.1, 0.15) is 0 Å². The van der Waals surface area contributed by atoms with Crippen molar-refractivity contribution < 1.29 is 9.13 Å². The quantitative estimate of drug-likeness (QED) is 0.856. The fourth-order valence-corrected chi connectivity index (χ4v) is 2.54. The van der Waals surface area contributed by atoms with Gasteiger partial charge in [0, 0.05) is 6.07 Å². The second kappa shape index (κ2) is 4.67. The molecule has 2 rings (SSSR count). The number of halogens is 1. The summed E-state index contributed by atoms with van der Waals surface area (Å²) in [7, 11) is 1.49. The number of nitrogens with two attached hydrogens (primary N) is 1. The van der Waals surface area contributed by atoms with Crippen LogP contribution in [0.25, 0.3) is 0 Å². The Labute approximate surface area is 99.8 Å². The molecule has 0 bridgehead atoms. The number of methoxy groups -OCH3 is 1. The Hall–Kier alpha value is -1.34. The lowest BCUT2D eigenvalue weighted by Gasteiger charge is -2.07. The van der Waals surface area contributed by atoms with E-state index in [1.54, 1.807) is 6.07 Å². The molecule has 84 valence electrons. The van der Waals surface area contributed by atoms with E-state index in [1.807, 2.05) is 0 Å². The van der Waals surface area contributed by atoms with E-state index >= 15 is 0 Å². The molecular formula is C9H8FN3OS2. The zero-order chi connectivity index (χ0) is 11.5. The summed E-state index contributed by atoms with van der Waals surface area (Å²) in [5, 5.41) is 0. The Bertz CT molecular complexity index is 490. The molecule has 1 heterocycles. The number of rotatable bonds is 3. The highest BCUT2D eigenvalue weighted by Crippen LogP contribution is 2.35. The minimum Gasteiger partial charge on any atom is -0.495 e. The van der Waals surface area contributed by atoms with Crippen LogP contribution < -0.4 is 10.5 Å². The van der Waals surface area contributed by atoms with Gasteiger partial charge in [0.1, 0.15) is 17.9 Å². The van der Waals surface area contributed by atoms with Gasteiger partial charge in [0.15, 0.2) is 4.34 Å². The zero-order valence-electron chi connectivity index (χ0n) is 8.31. The van der Waals surface area contributed by atoms with Crippen molar-refractivity contribution in [1.82, 2.24) is 9.36 Å². The smallest absolute Gasteiger partial charge is 0.174 e. The largest absolute Gasteiger partial charge is 0.495 e. The molecule has 1 aromatic carbocycles. The van der Waals surface area contributed by atoms with Gasteiger partial charge in [-0.1, -0.05) is 11.8 Å². The van der Waals surface area contributed by atoms with Crippen molar-refractivity contribution in [2.24, 2.45) is 0 Å². The molecule has 0 aliphatic carbocycles. The Balaban J connectivity index is 2.33. The molecule has 0 aliphatic heterocycles. The van der Waals surface area contributed by atoms with E-state index in [1.165, 1.54) is 42.8 Å². The average Bonchev–Trinajstić information content (AvgIpc) is 2.75. The molecule has 0 saturated heterocycles. The maximum atomic E-state index is 13.6. The number of hydrogen-bond donors (Lipinski definition) is 1. The number of anilines is 1. The molecule has 0 saturated carbocycles. The van der Waals surface area contributed by atoms with E-state index in [0.29, 0.717) is 15.0 Å². The highest BCUT2D eigenvalue weighted by molar-refractivity contribution is 8.01. The maximum absolute atomic E-state index is 13.6. The number of ether oxygens (including phenoxy) is 1. The first-order chi connectivity index (χ1) is 7.70. The Morgan fingerprint density at radius 3 is 2.94 bits per heavy atom. The minimum absolute atomic E-state index is 0.279. The summed E-state index contributed by atoms with van der Waals surface area (Å²) in [6.07, 6.45) is 1.43. The van der Waals surface area contributed by atoms with Crippen molar-refractivity contribution >= 4 is 29.0 Å². The molecule has 7 heteroatoms. The van der Waals surface area contributed by atoms with Crippen LogP contribution in [0, 0.1) is 5.82 Å². The molecule has 0 aliphatic rings. The molecule has 0 spiro atoms. The second-order valence-corrected chi connectivity index (χ2v) is 4.90. The number of benzene rings is 1. The monoisotopic (exact) mass is 257 g/mol. The maximum Gasteiger partial charge on any atom is 0.174 e. The summed E-state index contributed by atoms with van der Waals surface area (Å²) >= 11 is 2.40. The molecule has 0 amide bonds. The van der Waals surface area contributed by atoms with Crippen LogP contribution in [-0.2, 0) is 0 Å². The molecule has 0 atom stereocenters. The first-order valence-corrected chi connectivity index (χ1v) is 5.87. The Morgan fingerprint density at radius 1 is 1.50 bits per heavy atom. The van der Waals surface area contributed by atoms with Crippen LogP contribution in [0.3, 0.4) is 0 Å². The van der Waals surface area contributed by atoms with E-state index < -0.39 is 5.82 Å². The molecule has 2 N–H and O–H groups in total. The predicted molar refractivity (Wildman–Crippen MR) is 61.4 cm³/mol. The lowest BCUT2D eigenvalue weighted by Crippen LogP contribution is -1.94. The summed E-state index contributed by atoms with van der Waals surface area (Å²) in [5.74, 6) is 0.0620. The summed E-state index contributed by atoms with van der Waals surface area (Å²) in [6, 6.07) is 2.79. The number of aromatic nitrogens is 2. The Morgan fingerprint density at radius 2 is 2.31 bits per heavy atom. The molecule has 4 nitrogen and oxygen atoms in total. The SMILES string of the molecule is COc1cc(Sc2ncns2)c(F)cc1N. The van der Waals surface area contributed by atoms with Crippen molar-refractivity contribution in [3.8, 4) is 5.75 Å². The van der Waals surface area contributed by atoms with Gasteiger partial charge in [-0.05, 0) is 17.6 Å². The van der Waals surface area contributed by atoms with Crippen LogP contribution in [0.5, 0.6) is 5.75 Å². The lowest BCUT2D eigenvalue weighted by atomic mass is 10.3. The van der Waals surface area contributed by atoms with Crippen molar-refractivity contribution in [3.05, 3.63) is 24.3 Å². The third-order valence-electron chi connectivity index (χ3n) is 1.82. The van der Waals surface area contributed by atoms with E-state index in [9.17, 15) is 4.39 Å². The Kier molecular flexibility index (Phi) is 3.25. The third-order valence-corrected chi connectivity index (χ3v) is 3.57. The highest BCUT2D eigenvalue weighted by atomic mass is 32.2. The zero-order valence-corrected chi connectivity index (χ0v) is 9.94. The van der Waals surface area contributed by atoms with Gasteiger partial charge in [-0.2, -0.15) is 4.37 Å². The molecule has 16 heavy (non-hydrogen) atoms. The van der Waals surface area contributed by atoms with Gasteiger partial charge in [-0.15, -0.1) is 0 Å². The van der Waals surface area contributed by atoms with Crippen molar-refractivity contribution in [2.45, 2.75) is 9.24 Å². The lowest BCUT2D eigenvalue weighted by molar-refractivity contribution is 0.414. The van der Waals surface area contributed by atoms with Crippen LogP contribution in [0.4, 0.5) is 10.1 Å². The standard InChI is InChI=1S/C9H8FN3OS2/c1-14-7-3-8(5(10)2-6(7)11)15-9-12-4-13-16-9/h2-4H,11H2,1H3. The second-order valence-electron chi connectivity index (χ2n) is 2.83. The van der Waals surface area contributed by atoms with Gasteiger partial charge in [0.2, 0.25) is 0 Å². The topological polar surface area (TPSA) is 61.0 Å². The molecule has 0 unspecified atom stereocenters. The summed E-state index contributed by atoms with van der Waals surface area (Å²) in [4.78, 5) is 4.38. The summed E-state index contributed by atoms with van der Waals surface area (Å²) < 4.78 is 23.1. The summed E-state index contributed by atoms with van der Waals surface area (Å²) in [5.41, 5.74) is 5.85. The van der Waals surface area contributed by atoms with E-state index in [2.05, 4.69) is 9.36 Å². The number of nitrogens with zero attached hydrogens (tertiary/aromatic N) is 2. The van der Waals surface area contributed by atoms with Crippen LogP contribution in [0.15, 0.2) is 27.7 Å². The first-order valence-electron chi connectivity index (χ1n) is 4.28. The van der Waals surface area contributed by atoms with Gasteiger partial charge < -0.3 is 10.5 Å². The van der Waals surface area contributed by atoms with Gasteiger partial charge in [0.05, 0.1) is 17.7 Å². The van der Waals surface area contributed by atoms with Crippen LogP contribution >= 0.6 is 23.3 Å². The van der Waals surface area contributed by atoms with Gasteiger partial charge in [0.25, 0.3) is 0 Å². The molecule has 1 aromatic heterocycles. The first kappa shape index (κ1) is 11.2. The predicted octanol–water partition coefficient (Wildman–Crippen LogP) is 2.42. The van der Waals surface area contributed by atoms with Gasteiger partial charge >= 0.3 is 0 Å². The van der Waals surface area contributed by atoms with Crippen molar-refractivity contribution in [3.63, 3.8) is 0 Å². The minimum atomic E-state index is -0.390. The highest BCUT2D eigenvalue weighted by Gasteiger charge is 2.11. The fourth-order valence-electron chi connectivity index (χ4n) is 1.11. The fraction of sp³-hybridized carbons (Fsp3) is 0.111. The number of hydrogen-bond acceptors (Lipinski definition) is 6. The number of nitrogen functional groups attached to an aromatic ring is 1. The van der Waals surface area contributed by atoms with Crippen LogP contribution in [-0.4, -0.2) is 16.5 Å². The third kappa shape index (κ3) is 2.25. The van der Waals surface area contributed by atoms with Crippen LogP contribution in [0.2, 0.25) is 0 Å². The summed E-state index contributed by atoms with van der Waals surface area (Å²) in [6.45, 7) is 0. The van der Waals surface area contributed by atoms with Crippen molar-refractivity contribution in [1.29, 1.82) is 0 Å². The molecular weight excluding hydrogens is 249 g/mol. The average molecular weight is 257 g/mol. The van der Waals surface area contributed by atoms with E-state index in [4.69, 9.17) is 10.5 Å². The van der Waals surface area contributed by atoms with Crippen molar-refractivity contribution in [2.75, 3.05) is 12.8 Å². The molecule has 0 radical (unpaired) electrons. The van der Waals surface area contributed by atoms with Gasteiger partial charge in [-0.3, -0.25) is 0 Å². The van der Waals surface area contributed by atoms with E-state index in [-0.39, 0.29) is 5.69 Å². The van der Waals surface area contributed by atoms with E-state index in [0.717, 1.165) is 0 Å². The van der Waals surface area contributed by atoms with Gasteiger partial charge in [-0.25, -0.2) is 9.37 Å².